The van der Waals surface area contributed by atoms with E-state index in [9.17, 15) is 0 Å². The molecule has 0 aliphatic heterocycles. The minimum atomic E-state index is 0.811. The number of ether oxygens (including phenoxy) is 4. The zero-order valence-electron chi connectivity index (χ0n) is 15.4. The average Bonchev–Trinajstić information content (AvgIpc) is 2.63. The minimum absolute atomic E-state index is 0.811. The summed E-state index contributed by atoms with van der Waals surface area (Å²) in [5.74, 6) is 3.46. The molecule has 2 aromatic carbocycles. The summed E-state index contributed by atoms with van der Waals surface area (Å²) in [6.07, 6.45) is 2.73. The third-order valence-corrected chi connectivity index (χ3v) is 4.86. The van der Waals surface area contributed by atoms with Gasteiger partial charge in [0.15, 0.2) is 0 Å². The van der Waals surface area contributed by atoms with Crippen LogP contribution in [-0.2, 0) is 12.8 Å². The third kappa shape index (κ3) is 4.60. The molecule has 0 heterocycles. The van der Waals surface area contributed by atoms with E-state index in [-0.39, 0.29) is 0 Å². The van der Waals surface area contributed by atoms with Crippen LogP contribution < -0.4 is 18.9 Å². The summed E-state index contributed by atoms with van der Waals surface area (Å²) in [7, 11) is 6.75. The highest BCUT2D eigenvalue weighted by molar-refractivity contribution is 9.10. The molecule has 0 aliphatic rings. The van der Waals surface area contributed by atoms with Crippen LogP contribution in [-0.4, -0.2) is 28.4 Å². The SMILES string of the molecule is COc1cc(CCCc2cc(OC)c(Br)cc2OC)c(OC)cc1C. The first-order chi connectivity index (χ1) is 12.0. The van der Waals surface area contributed by atoms with E-state index >= 15 is 0 Å². The van der Waals surface area contributed by atoms with Gasteiger partial charge >= 0.3 is 0 Å². The van der Waals surface area contributed by atoms with Crippen LogP contribution in [0.5, 0.6) is 23.0 Å². The Hall–Kier alpha value is -1.88. The van der Waals surface area contributed by atoms with Crippen molar-refractivity contribution in [2.75, 3.05) is 28.4 Å². The van der Waals surface area contributed by atoms with Gasteiger partial charge in [-0.1, -0.05) is 0 Å². The monoisotopic (exact) mass is 408 g/mol. The maximum atomic E-state index is 5.52. The van der Waals surface area contributed by atoms with Crippen molar-refractivity contribution in [1.82, 2.24) is 0 Å². The number of aryl methyl sites for hydroxylation is 3. The summed E-state index contributed by atoms with van der Waals surface area (Å²) in [5, 5.41) is 0. The van der Waals surface area contributed by atoms with Crippen LogP contribution in [0, 0.1) is 6.92 Å². The van der Waals surface area contributed by atoms with Crippen LogP contribution in [0.3, 0.4) is 0 Å². The highest BCUT2D eigenvalue weighted by atomic mass is 79.9. The van der Waals surface area contributed by atoms with E-state index in [0.29, 0.717) is 0 Å². The predicted octanol–water partition coefficient (Wildman–Crippen LogP) is 4.97. The molecule has 0 atom stereocenters. The average molecular weight is 409 g/mol. The van der Waals surface area contributed by atoms with Crippen LogP contribution in [0.2, 0.25) is 0 Å². The van der Waals surface area contributed by atoms with E-state index in [2.05, 4.69) is 22.0 Å². The predicted molar refractivity (Wildman–Crippen MR) is 104 cm³/mol. The minimum Gasteiger partial charge on any atom is -0.496 e. The Kier molecular flexibility index (Phi) is 7.00. The van der Waals surface area contributed by atoms with Gasteiger partial charge in [0.25, 0.3) is 0 Å². The van der Waals surface area contributed by atoms with Crippen molar-refractivity contribution in [2.45, 2.75) is 26.2 Å². The van der Waals surface area contributed by atoms with Crippen molar-refractivity contribution in [3.05, 3.63) is 45.4 Å². The molecular formula is C20H25BrO4. The van der Waals surface area contributed by atoms with Crippen molar-refractivity contribution in [3.63, 3.8) is 0 Å². The molecule has 0 saturated carbocycles. The molecule has 0 bridgehead atoms. The maximum absolute atomic E-state index is 5.52. The molecule has 0 unspecified atom stereocenters. The fourth-order valence-electron chi connectivity index (χ4n) is 2.90. The smallest absolute Gasteiger partial charge is 0.133 e. The topological polar surface area (TPSA) is 36.9 Å². The third-order valence-electron chi connectivity index (χ3n) is 4.24. The second-order valence-electron chi connectivity index (χ2n) is 5.79. The first kappa shape index (κ1) is 19.4. The molecule has 0 amide bonds. The lowest BCUT2D eigenvalue weighted by molar-refractivity contribution is 0.394. The van der Waals surface area contributed by atoms with Crippen LogP contribution in [0.15, 0.2) is 28.7 Å². The Labute approximate surface area is 158 Å². The van der Waals surface area contributed by atoms with Gasteiger partial charge in [0, 0.05) is 0 Å². The largest absolute Gasteiger partial charge is 0.496 e. The lowest BCUT2D eigenvalue weighted by Crippen LogP contribution is -1.99. The molecule has 136 valence electrons. The van der Waals surface area contributed by atoms with E-state index < -0.39 is 0 Å². The molecule has 0 aliphatic carbocycles. The fraction of sp³-hybridized carbons (Fsp3) is 0.400. The maximum Gasteiger partial charge on any atom is 0.133 e. The molecule has 0 N–H and O–H groups in total. The van der Waals surface area contributed by atoms with Crippen molar-refractivity contribution >= 4 is 15.9 Å². The Morgan fingerprint density at radius 2 is 1.16 bits per heavy atom. The zero-order valence-corrected chi connectivity index (χ0v) is 17.0. The highest BCUT2D eigenvalue weighted by Gasteiger charge is 2.12. The Morgan fingerprint density at radius 1 is 0.680 bits per heavy atom. The summed E-state index contributed by atoms with van der Waals surface area (Å²) < 4.78 is 22.7. The number of benzene rings is 2. The fourth-order valence-corrected chi connectivity index (χ4v) is 3.38. The molecule has 0 saturated heterocycles. The van der Waals surface area contributed by atoms with E-state index in [4.69, 9.17) is 18.9 Å². The van der Waals surface area contributed by atoms with Gasteiger partial charge < -0.3 is 18.9 Å². The number of methoxy groups -OCH3 is 4. The molecule has 0 aromatic heterocycles. The Balaban J connectivity index is 2.15. The molecule has 2 aromatic rings. The van der Waals surface area contributed by atoms with Crippen molar-refractivity contribution in [3.8, 4) is 23.0 Å². The van der Waals surface area contributed by atoms with Gasteiger partial charge in [0.2, 0.25) is 0 Å². The zero-order chi connectivity index (χ0) is 18.4. The van der Waals surface area contributed by atoms with Crippen molar-refractivity contribution in [1.29, 1.82) is 0 Å². The number of halogens is 1. The van der Waals surface area contributed by atoms with E-state index in [1.165, 1.54) is 0 Å². The summed E-state index contributed by atoms with van der Waals surface area (Å²) in [5.41, 5.74) is 3.34. The highest BCUT2D eigenvalue weighted by Crippen LogP contribution is 2.34. The van der Waals surface area contributed by atoms with Gasteiger partial charge in [-0.2, -0.15) is 0 Å². The second-order valence-corrected chi connectivity index (χ2v) is 6.64. The van der Waals surface area contributed by atoms with Gasteiger partial charge in [0.05, 0.1) is 32.9 Å². The molecule has 4 nitrogen and oxygen atoms in total. The second kappa shape index (κ2) is 8.99. The number of hydrogen-bond acceptors (Lipinski definition) is 4. The first-order valence-corrected chi connectivity index (χ1v) is 8.95. The lowest BCUT2D eigenvalue weighted by Gasteiger charge is -2.14. The van der Waals surface area contributed by atoms with E-state index in [1.54, 1.807) is 28.4 Å². The van der Waals surface area contributed by atoms with Crippen molar-refractivity contribution < 1.29 is 18.9 Å². The van der Waals surface area contributed by atoms with Gasteiger partial charge in [-0.25, -0.2) is 0 Å². The molecule has 25 heavy (non-hydrogen) atoms. The van der Waals surface area contributed by atoms with Crippen LogP contribution in [0.1, 0.15) is 23.1 Å². The molecule has 2 rings (SSSR count). The summed E-state index contributed by atoms with van der Waals surface area (Å²) in [6, 6.07) is 8.06. The van der Waals surface area contributed by atoms with Gasteiger partial charge in [-0.15, -0.1) is 0 Å². The van der Waals surface area contributed by atoms with Gasteiger partial charge in [-0.05, 0) is 83.1 Å². The summed E-state index contributed by atoms with van der Waals surface area (Å²) in [6.45, 7) is 2.02. The Morgan fingerprint density at radius 3 is 1.68 bits per heavy atom. The summed E-state index contributed by atoms with van der Waals surface area (Å²) in [4.78, 5) is 0. The van der Waals surface area contributed by atoms with Gasteiger partial charge in [0.1, 0.15) is 23.0 Å². The molecule has 5 heteroatoms. The van der Waals surface area contributed by atoms with Crippen molar-refractivity contribution in [2.24, 2.45) is 0 Å². The molecule has 0 radical (unpaired) electrons. The normalized spacial score (nSPS) is 10.5. The Bertz CT molecular complexity index is 667. The first-order valence-electron chi connectivity index (χ1n) is 8.15. The van der Waals surface area contributed by atoms with E-state index in [1.807, 2.05) is 25.1 Å². The standard InChI is InChI=1S/C20H25BrO4/c1-13-9-18(23-3)14(10-17(13)22-2)7-6-8-15-11-20(25-5)16(21)12-19(15)24-4/h9-12H,6-8H2,1-5H3. The van der Waals surface area contributed by atoms with Gasteiger partial charge in [-0.3, -0.25) is 0 Å². The summed E-state index contributed by atoms with van der Waals surface area (Å²) >= 11 is 3.49. The van der Waals surface area contributed by atoms with Crippen LogP contribution in [0.4, 0.5) is 0 Å². The molecular weight excluding hydrogens is 384 g/mol. The van der Waals surface area contributed by atoms with E-state index in [0.717, 1.165) is 63.4 Å². The van der Waals surface area contributed by atoms with Crippen LogP contribution in [0.25, 0.3) is 0 Å². The quantitative estimate of drug-likeness (QED) is 0.617. The molecule has 0 spiro atoms. The van der Waals surface area contributed by atoms with Crippen LogP contribution >= 0.6 is 15.9 Å². The number of hydrogen-bond donors (Lipinski definition) is 0. The lowest BCUT2D eigenvalue weighted by atomic mass is 10.0. The number of rotatable bonds is 8. The molecule has 0 fully saturated rings.